The zero-order chi connectivity index (χ0) is 65.2. The topological polar surface area (TPSA) is 278 Å². The maximum Gasteiger partial charge on any atom is 0.330 e. The Kier molecular flexibility index (Phi) is 48.6. The van der Waals surface area contributed by atoms with Crippen LogP contribution in [0.5, 0.6) is 0 Å². The molecule has 4 N–H and O–H groups in total. The van der Waals surface area contributed by atoms with Crippen molar-refractivity contribution in [1.82, 2.24) is 0 Å². The molecule has 1 aliphatic rings. The molecule has 1 heterocycles. The molecule has 0 bridgehead atoms. The molecule has 1 aliphatic heterocycles. The van der Waals surface area contributed by atoms with E-state index in [1.54, 1.807) is 0 Å². The van der Waals surface area contributed by atoms with Crippen molar-refractivity contribution < 1.29 is 91.9 Å². The number of rotatable bonds is 60. The van der Waals surface area contributed by atoms with Gasteiger partial charge in [-0.25, -0.2) is 19.2 Å². The predicted octanol–water partition coefficient (Wildman–Crippen LogP) is 12.5. The van der Waals surface area contributed by atoms with E-state index in [-0.39, 0.29) is 58.2 Å². The fourth-order valence-electron chi connectivity index (χ4n) is 10.5. The van der Waals surface area contributed by atoms with Crippen molar-refractivity contribution in [3.8, 4) is 0 Å². The van der Waals surface area contributed by atoms with Gasteiger partial charge in [0.25, 0.3) is 0 Å². The smallest absolute Gasteiger partial charge is 0.330 e. The molecule has 1 fully saturated rings. The standard InChI is InChI=1S/C69H116O19/c1-8-15-18-19-23-34-43-59-60(84-59)44-35-26-22-29-38-47-69(80)83-52(50-81-67(78)45-36-27-20-24-32-41-57(85-63(74)11-4)55(72)48-61(87-65(76)13-6)53(70)39-30-16-9-2)51-82-68(79)46-37-28-21-25-33-42-58(86-64(75)12-5)56(73)49-62(88-66(77)14-7)54(71)40-31-17-10-3/h11-14,52-62,70-73H,4-10,15-51H2,1-3H3. The minimum absolute atomic E-state index is 0.0923. The quantitative estimate of drug-likeness (QED) is 0.0145. The van der Waals surface area contributed by atoms with Gasteiger partial charge in [0.15, 0.2) is 6.10 Å². The second-order valence-electron chi connectivity index (χ2n) is 23.6. The third-order valence-electron chi connectivity index (χ3n) is 15.9. The SMILES string of the molecule is C=CC(=O)OC(CCCCCCCC(=O)OCC(COC(=O)CCCCCCCC(OC(=O)C=C)C(O)CC(OC(=O)C=C)C(O)CCCCC)OC(=O)CCCCCCCC1OC1CCCCCCCC)C(O)CC(OC(=O)C=C)C(O)CCCCC. The number of aliphatic hydroxyl groups excluding tert-OH is 4. The molecule has 0 saturated carbocycles. The van der Waals surface area contributed by atoms with Crippen molar-refractivity contribution >= 4 is 41.8 Å². The average molecular weight is 1250 g/mol. The van der Waals surface area contributed by atoms with Crippen LogP contribution < -0.4 is 0 Å². The van der Waals surface area contributed by atoms with Crippen molar-refractivity contribution in [2.24, 2.45) is 0 Å². The molecule has 10 atom stereocenters. The van der Waals surface area contributed by atoms with E-state index in [1.807, 2.05) is 13.8 Å². The molecule has 0 aromatic carbocycles. The molecule has 506 valence electrons. The summed E-state index contributed by atoms with van der Waals surface area (Å²) in [6, 6.07) is 0. The first-order chi connectivity index (χ1) is 42.4. The van der Waals surface area contributed by atoms with E-state index in [2.05, 4.69) is 33.2 Å². The second-order valence-corrected chi connectivity index (χ2v) is 23.6. The highest BCUT2D eigenvalue weighted by molar-refractivity contribution is 5.82. The molecule has 10 unspecified atom stereocenters. The number of ether oxygens (including phenoxy) is 8. The number of hydrogen-bond acceptors (Lipinski definition) is 19. The summed E-state index contributed by atoms with van der Waals surface area (Å²) in [7, 11) is 0. The normalized spacial score (nSPS) is 16.6. The summed E-state index contributed by atoms with van der Waals surface area (Å²) in [5.74, 6) is -4.41. The van der Waals surface area contributed by atoms with E-state index in [4.69, 9.17) is 37.9 Å². The van der Waals surface area contributed by atoms with Gasteiger partial charge >= 0.3 is 41.8 Å². The van der Waals surface area contributed by atoms with Crippen LogP contribution in [0.3, 0.4) is 0 Å². The summed E-state index contributed by atoms with van der Waals surface area (Å²) < 4.78 is 44.4. The molecule has 0 spiro atoms. The van der Waals surface area contributed by atoms with Crippen LogP contribution in [-0.4, -0.2) is 143 Å². The molecular formula is C69H116O19. The summed E-state index contributed by atoms with van der Waals surface area (Å²) in [5.41, 5.74) is 0. The molecule has 19 nitrogen and oxygen atoms in total. The van der Waals surface area contributed by atoms with Crippen LogP contribution in [0.1, 0.15) is 265 Å². The van der Waals surface area contributed by atoms with Crippen LogP contribution in [0.4, 0.5) is 0 Å². The Morgan fingerprint density at radius 1 is 0.364 bits per heavy atom. The molecule has 0 aromatic heterocycles. The number of aliphatic hydroxyl groups is 4. The van der Waals surface area contributed by atoms with Gasteiger partial charge in [-0.2, -0.15) is 0 Å². The summed E-state index contributed by atoms with van der Waals surface area (Å²) in [5, 5.41) is 43.9. The highest BCUT2D eigenvalue weighted by Crippen LogP contribution is 2.32. The number of hydrogen-bond donors (Lipinski definition) is 4. The number of unbranched alkanes of at least 4 members (excludes halogenated alkanes) is 21. The largest absolute Gasteiger partial charge is 0.462 e. The molecule has 0 aliphatic carbocycles. The van der Waals surface area contributed by atoms with Crippen molar-refractivity contribution in [3.05, 3.63) is 50.6 Å². The van der Waals surface area contributed by atoms with Crippen LogP contribution in [-0.2, 0) is 71.5 Å². The van der Waals surface area contributed by atoms with Gasteiger partial charge in [-0.3, -0.25) is 14.4 Å². The van der Waals surface area contributed by atoms with Crippen molar-refractivity contribution in [3.63, 3.8) is 0 Å². The van der Waals surface area contributed by atoms with Crippen molar-refractivity contribution in [1.29, 1.82) is 0 Å². The Morgan fingerprint density at radius 3 is 1.02 bits per heavy atom. The van der Waals surface area contributed by atoms with E-state index in [0.29, 0.717) is 109 Å². The lowest BCUT2D eigenvalue weighted by molar-refractivity contribution is -0.167. The first-order valence-electron chi connectivity index (χ1n) is 33.7. The summed E-state index contributed by atoms with van der Waals surface area (Å²) >= 11 is 0. The fourth-order valence-corrected chi connectivity index (χ4v) is 10.5. The Bertz CT molecular complexity index is 1830. The number of epoxide rings is 1. The van der Waals surface area contributed by atoms with Crippen LogP contribution in [0, 0.1) is 0 Å². The van der Waals surface area contributed by atoms with Gasteiger partial charge in [-0.05, 0) is 70.6 Å². The lowest BCUT2D eigenvalue weighted by Gasteiger charge is -2.29. The number of esters is 7. The van der Waals surface area contributed by atoms with Crippen molar-refractivity contribution in [2.75, 3.05) is 13.2 Å². The van der Waals surface area contributed by atoms with Gasteiger partial charge in [0.2, 0.25) is 0 Å². The van der Waals surface area contributed by atoms with Gasteiger partial charge in [-0.15, -0.1) is 0 Å². The molecular weight excluding hydrogens is 1130 g/mol. The second kappa shape index (κ2) is 52.8. The van der Waals surface area contributed by atoms with E-state index in [9.17, 15) is 54.0 Å². The lowest BCUT2D eigenvalue weighted by atomic mass is 9.96. The van der Waals surface area contributed by atoms with Crippen LogP contribution >= 0.6 is 0 Å². The van der Waals surface area contributed by atoms with Gasteiger partial charge in [-0.1, -0.05) is 188 Å². The average Bonchev–Trinajstić information content (AvgIpc) is 4.49. The first kappa shape index (κ1) is 81.1. The minimum atomic E-state index is -1.24. The van der Waals surface area contributed by atoms with E-state index < -0.39 is 96.7 Å². The third-order valence-corrected chi connectivity index (χ3v) is 15.9. The van der Waals surface area contributed by atoms with Crippen LogP contribution in [0.2, 0.25) is 0 Å². The number of carbonyl (C=O) groups is 7. The molecule has 0 aromatic rings. The Balaban J connectivity index is 2.75. The Labute approximate surface area is 527 Å². The molecule has 1 rings (SSSR count). The maximum atomic E-state index is 13.1. The summed E-state index contributed by atoms with van der Waals surface area (Å²) in [6.07, 6.45) is 22.3. The minimum Gasteiger partial charge on any atom is -0.462 e. The molecule has 88 heavy (non-hydrogen) atoms. The Hall–Kier alpha value is -4.95. The van der Waals surface area contributed by atoms with Crippen LogP contribution in [0.25, 0.3) is 0 Å². The predicted molar refractivity (Wildman–Crippen MR) is 337 cm³/mol. The van der Waals surface area contributed by atoms with E-state index in [0.717, 1.165) is 88.5 Å². The van der Waals surface area contributed by atoms with Gasteiger partial charge in [0.05, 0.1) is 36.6 Å². The summed E-state index contributed by atoms with van der Waals surface area (Å²) in [4.78, 5) is 87.6. The third kappa shape index (κ3) is 42.1. The van der Waals surface area contributed by atoms with Gasteiger partial charge in [0.1, 0.15) is 37.6 Å². The zero-order valence-corrected chi connectivity index (χ0v) is 54.2. The maximum absolute atomic E-state index is 13.1. The fraction of sp³-hybridized carbons (Fsp3) is 0.783. The van der Waals surface area contributed by atoms with Crippen molar-refractivity contribution in [2.45, 2.75) is 332 Å². The van der Waals surface area contributed by atoms with E-state index in [1.165, 1.54) is 38.5 Å². The monoisotopic (exact) mass is 1250 g/mol. The molecule has 0 radical (unpaired) electrons. The highest BCUT2D eigenvalue weighted by atomic mass is 16.6. The number of carbonyl (C=O) groups excluding carboxylic acids is 7. The molecule has 19 heteroatoms. The van der Waals surface area contributed by atoms with E-state index >= 15 is 0 Å². The lowest BCUT2D eigenvalue weighted by Crippen LogP contribution is -2.39. The van der Waals surface area contributed by atoms with Gasteiger partial charge in [0, 0.05) is 56.4 Å². The highest BCUT2D eigenvalue weighted by Gasteiger charge is 2.37. The summed E-state index contributed by atoms with van der Waals surface area (Å²) in [6.45, 7) is 19.4. The Morgan fingerprint density at radius 2 is 0.659 bits per heavy atom. The van der Waals surface area contributed by atoms with Gasteiger partial charge < -0.3 is 58.3 Å². The zero-order valence-electron chi connectivity index (χ0n) is 54.2. The molecule has 0 amide bonds. The molecule has 1 saturated heterocycles. The first-order valence-corrected chi connectivity index (χ1v) is 33.7. The van der Waals surface area contributed by atoms with Crippen LogP contribution in [0.15, 0.2) is 50.6 Å².